The van der Waals surface area contributed by atoms with E-state index in [-0.39, 0.29) is 16.4 Å². The van der Waals surface area contributed by atoms with E-state index in [0.29, 0.717) is 0 Å². The van der Waals surface area contributed by atoms with Crippen LogP contribution in [0, 0.1) is 3.57 Å². The fourth-order valence-corrected chi connectivity index (χ4v) is 4.26. The van der Waals surface area contributed by atoms with Crippen molar-refractivity contribution < 1.29 is 34.0 Å². The Morgan fingerprint density at radius 3 is 2.57 bits per heavy atom. The zero-order valence-corrected chi connectivity index (χ0v) is 18.5. The molecule has 0 amide bonds. The summed E-state index contributed by atoms with van der Waals surface area (Å²) in [6.07, 6.45) is -3.84. The normalized spacial score (nSPS) is 30.6. The van der Waals surface area contributed by atoms with Gasteiger partial charge in [0.25, 0.3) is 5.56 Å². The van der Waals surface area contributed by atoms with Crippen molar-refractivity contribution >= 4 is 30.2 Å². The summed E-state index contributed by atoms with van der Waals surface area (Å²) in [7, 11) is -4.33. The van der Waals surface area contributed by atoms with Crippen LogP contribution in [0.1, 0.15) is 39.8 Å². The van der Waals surface area contributed by atoms with Gasteiger partial charge in [-0.2, -0.15) is 0 Å². The quantitative estimate of drug-likeness (QED) is 0.236. The summed E-state index contributed by atoms with van der Waals surface area (Å²) in [5, 5.41) is 30.1. The molecule has 0 spiro atoms. The molecular weight excluding hydrogens is 510 g/mol. The van der Waals surface area contributed by atoms with Crippen LogP contribution in [0.15, 0.2) is 15.8 Å². The topological polar surface area (TPSA) is 171 Å². The van der Waals surface area contributed by atoms with Crippen LogP contribution in [0.4, 0.5) is 0 Å². The van der Waals surface area contributed by atoms with Gasteiger partial charge in [0.15, 0.2) is 12.1 Å². The van der Waals surface area contributed by atoms with E-state index in [1.165, 1.54) is 13.1 Å². The summed E-state index contributed by atoms with van der Waals surface area (Å²) in [6, 6.07) is 0. The molecule has 1 aliphatic heterocycles. The Labute approximate surface area is 174 Å². The molecule has 11 nitrogen and oxygen atoms in total. The van der Waals surface area contributed by atoms with Gasteiger partial charge in [0.2, 0.25) is 0 Å². The third-order valence-electron chi connectivity index (χ3n) is 4.74. The van der Waals surface area contributed by atoms with Gasteiger partial charge >= 0.3 is 13.3 Å². The average Bonchev–Trinajstić information content (AvgIpc) is 2.85. The highest BCUT2D eigenvalue weighted by Gasteiger charge is 2.48. The molecule has 0 aliphatic carbocycles. The molecular formula is C15H24IN2O9P. The summed E-state index contributed by atoms with van der Waals surface area (Å²) >= 11 is 1.71. The maximum absolute atomic E-state index is 12.1. The number of aromatic nitrogens is 2. The molecule has 1 aromatic rings. The summed E-state index contributed by atoms with van der Waals surface area (Å²) in [5.41, 5.74) is -2.66. The number of hydrogen-bond donors (Lipinski definition) is 5. The molecule has 1 aliphatic rings. The highest BCUT2D eigenvalue weighted by atomic mass is 127. The molecule has 1 aromatic heterocycles. The van der Waals surface area contributed by atoms with E-state index in [1.54, 1.807) is 29.5 Å². The summed E-state index contributed by atoms with van der Waals surface area (Å²) in [5.74, 6) is -1.60. The maximum atomic E-state index is 12.1. The van der Waals surface area contributed by atoms with E-state index in [1.807, 2.05) is 0 Å². The maximum Gasteiger partial charge on any atom is 0.356 e. The van der Waals surface area contributed by atoms with Gasteiger partial charge in [0.1, 0.15) is 12.2 Å². The van der Waals surface area contributed by atoms with E-state index in [4.69, 9.17) is 9.26 Å². The smallest absolute Gasteiger partial charge is 0.356 e. The Kier molecular flexibility index (Phi) is 7.31. The van der Waals surface area contributed by atoms with Gasteiger partial charge in [-0.3, -0.25) is 18.9 Å². The van der Waals surface area contributed by atoms with Crippen LogP contribution < -0.4 is 11.2 Å². The lowest BCUT2D eigenvalue weighted by atomic mass is 9.93. The van der Waals surface area contributed by atoms with Crippen LogP contribution in [-0.2, 0) is 13.8 Å². The van der Waals surface area contributed by atoms with Gasteiger partial charge in [-0.25, -0.2) is 4.79 Å². The summed E-state index contributed by atoms with van der Waals surface area (Å²) < 4.78 is 24.1. The Balaban J connectivity index is 2.26. The minimum atomic E-state index is -4.33. The fourth-order valence-electron chi connectivity index (χ4n) is 2.84. The number of nitrogens with zero attached hydrogens (tertiary/aromatic N) is 1. The molecule has 4 unspecified atom stereocenters. The van der Waals surface area contributed by atoms with Crippen molar-refractivity contribution in [2.24, 2.45) is 0 Å². The largest absolute Gasteiger partial charge is 0.388 e. The second kappa shape index (κ2) is 8.64. The van der Waals surface area contributed by atoms with Crippen LogP contribution in [0.2, 0.25) is 0 Å². The third-order valence-corrected chi connectivity index (χ3v) is 7.16. The molecule has 0 aromatic carbocycles. The number of hydrogen-bond acceptors (Lipinski definition) is 8. The molecule has 0 saturated carbocycles. The number of H-pyrrole nitrogens is 1. The number of aromatic amines is 1. The number of aliphatic hydroxyl groups excluding tert-OH is 3. The van der Waals surface area contributed by atoms with E-state index in [2.05, 4.69) is 4.98 Å². The van der Waals surface area contributed by atoms with Crippen molar-refractivity contribution in [1.82, 2.24) is 9.55 Å². The monoisotopic (exact) mass is 534 g/mol. The molecule has 2 heterocycles. The van der Waals surface area contributed by atoms with Gasteiger partial charge < -0.3 is 29.5 Å². The first-order chi connectivity index (χ1) is 12.8. The zero-order chi connectivity index (χ0) is 21.4. The van der Waals surface area contributed by atoms with Crippen LogP contribution in [-0.4, -0.2) is 59.5 Å². The first-order valence-electron chi connectivity index (χ1n) is 8.55. The lowest BCUT2D eigenvalue weighted by Gasteiger charge is -2.34. The number of rotatable bonds is 7. The molecule has 1 saturated heterocycles. The lowest BCUT2D eigenvalue weighted by molar-refractivity contribution is -0.0693. The molecule has 28 heavy (non-hydrogen) atoms. The van der Waals surface area contributed by atoms with Gasteiger partial charge in [-0.15, -0.1) is 0 Å². The van der Waals surface area contributed by atoms with Gasteiger partial charge in [-0.1, -0.05) is 6.92 Å². The Morgan fingerprint density at radius 1 is 1.43 bits per heavy atom. The molecule has 7 atom stereocenters. The molecule has 2 rings (SSSR count). The highest BCUT2D eigenvalue weighted by molar-refractivity contribution is 14.1. The van der Waals surface area contributed by atoms with Gasteiger partial charge in [0, 0.05) is 12.6 Å². The number of ether oxygens (including phenoxy) is 1. The van der Waals surface area contributed by atoms with E-state index in [9.17, 15) is 34.4 Å². The SMILES string of the molecule is CCC(C)(C[C@H]1O[C@@H](n2cc(I)c(=O)[nH]c2=O)[C@H](O)C1O)OP(=O)(O)C(C)O. The Bertz CT molecular complexity index is 872. The number of nitrogens with one attached hydrogen (secondary N) is 1. The van der Waals surface area contributed by atoms with Crippen molar-refractivity contribution in [3.63, 3.8) is 0 Å². The zero-order valence-electron chi connectivity index (χ0n) is 15.5. The Hall–Kier alpha value is -0.600. The number of halogens is 1. The van der Waals surface area contributed by atoms with Crippen LogP contribution >= 0.6 is 30.2 Å². The standard InChI is InChI=1S/C15H24IN2O9P/c1-4-15(3,27-28(24,25)7(2)19)5-9-10(20)11(21)13(26-9)18-6-8(16)12(22)17-14(18)23/h6-7,9-11,13,19-21H,4-5H2,1-3H3,(H,24,25)(H,17,22,23)/t7?,9-,10?,11-,13-,15?/m1/s1. The lowest BCUT2D eigenvalue weighted by Crippen LogP contribution is -2.39. The van der Waals surface area contributed by atoms with Crippen molar-refractivity contribution in [1.29, 1.82) is 0 Å². The predicted molar refractivity (Wildman–Crippen MR) is 106 cm³/mol. The highest BCUT2D eigenvalue weighted by Crippen LogP contribution is 2.52. The predicted octanol–water partition coefficient (Wildman–Crippen LogP) is -0.140. The molecule has 13 heteroatoms. The molecule has 1 fully saturated rings. The minimum absolute atomic E-state index is 0.0926. The van der Waals surface area contributed by atoms with Gasteiger partial charge in [-0.05, 0) is 42.9 Å². The van der Waals surface area contributed by atoms with Crippen molar-refractivity contribution in [3.05, 3.63) is 30.6 Å². The van der Waals surface area contributed by atoms with Gasteiger partial charge in [0.05, 0.1) is 15.3 Å². The first-order valence-corrected chi connectivity index (χ1v) is 11.3. The second-order valence-corrected chi connectivity index (χ2v) is 10.2. The van der Waals surface area contributed by atoms with E-state index in [0.717, 1.165) is 11.5 Å². The fraction of sp³-hybridized carbons (Fsp3) is 0.733. The van der Waals surface area contributed by atoms with Crippen molar-refractivity contribution in [3.8, 4) is 0 Å². The van der Waals surface area contributed by atoms with E-state index >= 15 is 0 Å². The second-order valence-electron chi connectivity index (χ2n) is 6.98. The minimum Gasteiger partial charge on any atom is -0.388 e. The summed E-state index contributed by atoms with van der Waals surface area (Å²) in [4.78, 5) is 35.5. The van der Waals surface area contributed by atoms with Crippen LogP contribution in [0.5, 0.6) is 0 Å². The van der Waals surface area contributed by atoms with Crippen molar-refractivity contribution in [2.45, 2.75) is 69.6 Å². The average molecular weight is 534 g/mol. The van der Waals surface area contributed by atoms with Crippen molar-refractivity contribution in [2.75, 3.05) is 0 Å². The number of aliphatic hydroxyl groups is 3. The summed E-state index contributed by atoms with van der Waals surface area (Å²) in [6.45, 7) is 4.33. The molecule has 5 N–H and O–H groups in total. The van der Waals surface area contributed by atoms with Crippen LogP contribution in [0.25, 0.3) is 0 Å². The third kappa shape index (κ3) is 4.93. The van der Waals surface area contributed by atoms with Crippen LogP contribution in [0.3, 0.4) is 0 Å². The Morgan fingerprint density at radius 2 is 2.04 bits per heavy atom. The molecule has 0 bridgehead atoms. The van der Waals surface area contributed by atoms with E-state index < -0.39 is 54.8 Å². The molecule has 160 valence electrons. The molecule has 0 radical (unpaired) electrons. The first kappa shape index (κ1) is 23.7.